The molecule has 12 heavy (non-hydrogen) atoms. The van der Waals surface area contributed by atoms with Crippen LogP contribution in [0.4, 0.5) is 5.69 Å². The van der Waals surface area contributed by atoms with Gasteiger partial charge in [0.05, 0.1) is 0 Å². The highest BCUT2D eigenvalue weighted by molar-refractivity contribution is 9.10. The van der Waals surface area contributed by atoms with Gasteiger partial charge in [-0.25, -0.2) is 0 Å². The van der Waals surface area contributed by atoms with Crippen molar-refractivity contribution in [2.24, 2.45) is 7.05 Å². The van der Waals surface area contributed by atoms with E-state index in [0.717, 1.165) is 21.1 Å². The van der Waals surface area contributed by atoms with E-state index in [2.05, 4.69) is 21.0 Å². The van der Waals surface area contributed by atoms with Gasteiger partial charge >= 0.3 is 0 Å². The van der Waals surface area contributed by atoms with Crippen LogP contribution in [0.1, 0.15) is 0 Å². The van der Waals surface area contributed by atoms with Gasteiger partial charge in [0.15, 0.2) is 0 Å². The van der Waals surface area contributed by atoms with Crippen molar-refractivity contribution in [3.63, 3.8) is 0 Å². The van der Waals surface area contributed by atoms with Gasteiger partial charge in [0.2, 0.25) is 0 Å². The average molecular weight is 226 g/mol. The molecule has 2 N–H and O–H groups in total. The van der Waals surface area contributed by atoms with Crippen LogP contribution in [0, 0.1) is 0 Å². The number of nitrogens with zero attached hydrogens (tertiary/aromatic N) is 2. The number of aromatic nitrogens is 2. The fourth-order valence-corrected chi connectivity index (χ4v) is 1.81. The Morgan fingerprint density at radius 1 is 1.50 bits per heavy atom. The lowest BCUT2D eigenvalue weighted by molar-refractivity contribution is 0.779. The zero-order chi connectivity index (χ0) is 8.72. The van der Waals surface area contributed by atoms with Crippen LogP contribution in [-0.4, -0.2) is 9.78 Å². The normalized spacial score (nSPS) is 10.8. The molecule has 0 aliphatic heterocycles. The summed E-state index contributed by atoms with van der Waals surface area (Å²) in [6.07, 6.45) is 1.94. The fraction of sp³-hybridized carbons (Fsp3) is 0.125. The van der Waals surface area contributed by atoms with E-state index in [1.807, 2.05) is 25.4 Å². The number of nitrogen functional groups attached to an aromatic ring is 1. The van der Waals surface area contributed by atoms with E-state index in [1.165, 1.54) is 0 Å². The van der Waals surface area contributed by atoms with Crippen molar-refractivity contribution >= 4 is 32.5 Å². The van der Waals surface area contributed by atoms with E-state index < -0.39 is 0 Å². The Kier molecular flexibility index (Phi) is 1.58. The minimum atomic E-state index is 0.752. The third-order valence-electron chi connectivity index (χ3n) is 1.70. The van der Waals surface area contributed by atoms with Crippen LogP contribution in [0.5, 0.6) is 0 Å². The van der Waals surface area contributed by atoms with E-state index in [9.17, 15) is 0 Å². The van der Waals surface area contributed by atoms with Crippen molar-refractivity contribution in [1.82, 2.24) is 9.78 Å². The number of rotatable bonds is 0. The summed E-state index contributed by atoms with van der Waals surface area (Å²) < 4.78 is 2.72. The van der Waals surface area contributed by atoms with Crippen LogP contribution in [0.2, 0.25) is 0 Å². The summed E-state index contributed by atoms with van der Waals surface area (Å²) in [6.45, 7) is 0. The lowest BCUT2D eigenvalue weighted by atomic mass is 10.2. The Hall–Kier alpha value is -1.03. The maximum atomic E-state index is 5.67. The Morgan fingerprint density at radius 3 is 3.00 bits per heavy atom. The third-order valence-corrected chi connectivity index (χ3v) is 2.30. The molecular formula is C8H8BrN3. The van der Waals surface area contributed by atoms with Crippen molar-refractivity contribution in [3.8, 4) is 0 Å². The third kappa shape index (κ3) is 1.08. The highest BCUT2D eigenvalue weighted by atomic mass is 79.9. The van der Waals surface area contributed by atoms with E-state index >= 15 is 0 Å². The Balaban J connectivity index is 2.88. The largest absolute Gasteiger partial charge is 0.399 e. The fourth-order valence-electron chi connectivity index (χ4n) is 1.23. The Labute approximate surface area is 78.3 Å². The molecule has 0 amide bonds. The van der Waals surface area contributed by atoms with Crippen LogP contribution in [0.25, 0.3) is 10.9 Å². The van der Waals surface area contributed by atoms with Crippen molar-refractivity contribution < 1.29 is 0 Å². The van der Waals surface area contributed by atoms with E-state index in [4.69, 9.17) is 5.73 Å². The molecule has 4 heteroatoms. The summed E-state index contributed by atoms with van der Waals surface area (Å²) in [6, 6.07) is 3.77. The Bertz CT molecular complexity index is 433. The molecular weight excluding hydrogens is 218 g/mol. The van der Waals surface area contributed by atoms with Crippen LogP contribution < -0.4 is 5.73 Å². The van der Waals surface area contributed by atoms with Gasteiger partial charge in [-0.3, -0.25) is 4.68 Å². The van der Waals surface area contributed by atoms with E-state index in [1.54, 1.807) is 4.68 Å². The second-order valence-corrected chi connectivity index (χ2v) is 3.60. The van der Waals surface area contributed by atoms with Crippen molar-refractivity contribution in [2.75, 3.05) is 5.73 Å². The summed E-state index contributed by atoms with van der Waals surface area (Å²) in [7, 11) is 1.89. The summed E-state index contributed by atoms with van der Waals surface area (Å²) in [4.78, 5) is 0. The summed E-state index contributed by atoms with van der Waals surface area (Å²) in [5.74, 6) is 0. The number of hydrogen-bond acceptors (Lipinski definition) is 2. The molecule has 2 rings (SSSR count). The van der Waals surface area contributed by atoms with Crippen molar-refractivity contribution in [2.45, 2.75) is 0 Å². The molecule has 0 saturated carbocycles. The first-order valence-corrected chi connectivity index (χ1v) is 4.34. The van der Waals surface area contributed by atoms with Gasteiger partial charge in [0.1, 0.15) is 5.52 Å². The number of fused-ring (bicyclic) bond motifs is 1. The first-order valence-electron chi connectivity index (χ1n) is 3.55. The van der Waals surface area contributed by atoms with Gasteiger partial charge in [-0.1, -0.05) is 0 Å². The summed E-state index contributed by atoms with van der Waals surface area (Å²) in [5, 5.41) is 5.33. The number of benzene rings is 1. The van der Waals surface area contributed by atoms with Crippen LogP contribution in [0.15, 0.2) is 22.8 Å². The predicted molar refractivity (Wildman–Crippen MR) is 52.8 cm³/mol. The van der Waals surface area contributed by atoms with Crippen LogP contribution in [0.3, 0.4) is 0 Å². The monoisotopic (exact) mass is 225 g/mol. The molecule has 2 aromatic rings. The van der Waals surface area contributed by atoms with Gasteiger partial charge < -0.3 is 5.73 Å². The summed E-state index contributed by atoms with van der Waals surface area (Å²) >= 11 is 3.41. The van der Waals surface area contributed by atoms with Gasteiger partial charge in [0, 0.05) is 28.8 Å². The molecule has 0 atom stereocenters. The molecule has 1 heterocycles. The number of anilines is 1. The molecule has 0 bridgehead atoms. The highest BCUT2D eigenvalue weighted by Gasteiger charge is 2.03. The smallest absolute Gasteiger partial charge is 0.107 e. The lowest BCUT2D eigenvalue weighted by Gasteiger charge is -1.94. The van der Waals surface area contributed by atoms with Crippen LogP contribution >= 0.6 is 15.9 Å². The predicted octanol–water partition coefficient (Wildman–Crippen LogP) is 1.92. The molecule has 0 radical (unpaired) electrons. The molecule has 1 aromatic heterocycles. The minimum absolute atomic E-state index is 0.752. The first-order chi connectivity index (χ1) is 5.66. The standard InChI is InChI=1S/C8H8BrN3/c1-12-4-5-2-6(10)3-7(9)8(5)11-12/h2-4H,10H2,1H3. The highest BCUT2D eigenvalue weighted by Crippen LogP contribution is 2.25. The maximum absolute atomic E-state index is 5.67. The van der Waals surface area contributed by atoms with Crippen molar-refractivity contribution in [3.05, 3.63) is 22.8 Å². The molecule has 3 nitrogen and oxygen atoms in total. The maximum Gasteiger partial charge on any atom is 0.107 e. The minimum Gasteiger partial charge on any atom is -0.399 e. The van der Waals surface area contributed by atoms with E-state index in [-0.39, 0.29) is 0 Å². The van der Waals surface area contributed by atoms with Crippen LogP contribution in [-0.2, 0) is 7.05 Å². The quantitative estimate of drug-likeness (QED) is 0.697. The number of aryl methyl sites for hydroxylation is 1. The second kappa shape index (κ2) is 2.48. The van der Waals surface area contributed by atoms with Gasteiger partial charge in [-0.15, -0.1) is 0 Å². The molecule has 0 unspecified atom stereocenters. The summed E-state index contributed by atoms with van der Waals surface area (Å²) in [5.41, 5.74) is 7.37. The lowest BCUT2D eigenvalue weighted by Crippen LogP contribution is -1.85. The molecule has 62 valence electrons. The zero-order valence-electron chi connectivity index (χ0n) is 6.58. The number of nitrogens with two attached hydrogens (primary N) is 1. The molecule has 1 aromatic carbocycles. The average Bonchev–Trinajstić information content (AvgIpc) is 2.29. The van der Waals surface area contributed by atoms with Crippen molar-refractivity contribution in [1.29, 1.82) is 0 Å². The topological polar surface area (TPSA) is 43.8 Å². The SMILES string of the molecule is Cn1cc2cc(N)cc(Br)c2n1. The van der Waals surface area contributed by atoms with Gasteiger partial charge in [-0.2, -0.15) is 5.10 Å². The second-order valence-electron chi connectivity index (χ2n) is 2.74. The number of halogens is 1. The molecule has 0 aliphatic rings. The van der Waals surface area contributed by atoms with Gasteiger partial charge in [-0.05, 0) is 28.1 Å². The molecule has 0 aliphatic carbocycles. The molecule has 0 saturated heterocycles. The Morgan fingerprint density at radius 2 is 2.25 bits per heavy atom. The zero-order valence-corrected chi connectivity index (χ0v) is 8.17. The first kappa shape index (κ1) is 7.61. The van der Waals surface area contributed by atoms with E-state index in [0.29, 0.717) is 0 Å². The molecule has 0 fully saturated rings. The molecule has 0 spiro atoms. The number of hydrogen-bond donors (Lipinski definition) is 1. The van der Waals surface area contributed by atoms with Gasteiger partial charge in [0.25, 0.3) is 0 Å².